The third-order valence-corrected chi connectivity index (χ3v) is 11.5. The van der Waals surface area contributed by atoms with Crippen molar-refractivity contribution in [2.75, 3.05) is 6.61 Å². The second-order valence-corrected chi connectivity index (χ2v) is 16.7. The molecule has 0 aliphatic rings. The average Bonchev–Trinajstić information content (AvgIpc) is 3.15. The molecular formula is C47H95NO4. The summed E-state index contributed by atoms with van der Waals surface area (Å²) in [6.45, 7) is 4.25. The number of unbranched alkanes of at least 4 members (excludes halogenated alkanes) is 36. The fraction of sp³-hybridized carbons (Fsp3) is 0.979. The molecule has 0 aromatic heterocycles. The van der Waals surface area contributed by atoms with Crippen molar-refractivity contribution in [1.29, 1.82) is 0 Å². The molecule has 0 aliphatic heterocycles. The van der Waals surface area contributed by atoms with E-state index in [1.54, 1.807) is 0 Å². The van der Waals surface area contributed by atoms with E-state index >= 15 is 0 Å². The summed E-state index contributed by atoms with van der Waals surface area (Å²) in [5.41, 5.74) is 0. The minimum absolute atomic E-state index is 0.308. The molecule has 0 aromatic rings. The van der Waals surface area contributed by atoms with E-state index in [0.717, 1.165) is 32.1 Å². The summed E-state index contributed by atoms with van der Waals surface area (Å²) in [6.07, 6.45) is 49.7. The first kappa shape index (κ1) is 51.4. The molecule has 0 fully saturated rings. The van der Waals surface area contributed by atoms with Crippen molar-refractivity contribution in [2.24, 2.45) is 0 Å². The van der Waals surface area contributed by atoms with Gasteiger partial charge in [0.25, 0.3) is 0 Å². The van der Waals surface area contributed by atoms with Crippen LogP contribution >= 0.6 is 0 Å². The van der Waals surface area contributed by atoms with E-state index in [2.05, 4.69) is 19.2 Å². The lowest BCUT2D eigenvalue weighted by Crippen LogP contribution is -2.49. The van der Waals surface area contributed by atoms with Gasteiger partial charge >= 0.3 is 0 Å². The first-order chi connectivity index (χ1) is 25.6. The van der Waals surface area contributed by atoms with Crippen LogP contribution < -0.4 is 5.32 Å². The Bertz CT molecular complexity index is 688. The van der Waals surface area contributed by atoms with Gasteiger partial charge in [-0.05, 0) is 12.8 Å². The molecule has 3 atom stereocenters. The zero-order valence-corrected chi connectivity index (χ0v) is 35.5. The summed E-state index contributed by atoms with van der Waals surface area (Å²) in [5, 5.41) is 33.4. The van der Waals surface area contributed by atoms with Gasteiger partial charge in [-0.1, -0.05) is 258 Å². The van der Waals surface area contributed by atoms with Gasteiger partial charge in [0.2, 0.25) is 5.91 Å². The Morgan fingerprint density at radius 3 is 0.865 bits per heavy atom. The third-order valence-electron chi connectivity index (χ3n) is 11.5. The Labute approximate surface area is 326 Å². The standard InChI is InChI=1S/C47H95NO4/c1-3-5-7-9-11-13-15-17-19-20-21-22-23-24-25-26-27-28-30-32-34-36-38-40-42-46(51)47(52)48-44(43-49)45(50)41-39-37-35-33-31-29-18-16-14-12-10-8-6-4-2/h44-46,49-51H,3-43H2,1-2H3,(H,48,52). The van der Waals surface area contributed by atoms with E-state index in [-0.39, 0.29) is 6.61 Å². The minimum Gasteiger partial charge on any atom is -0.394 e. The number of carbonyl (C=O) groups is 1. The number of hydrogen-bond donors (Lipinski definition) is 4. The number of amides is 1. The number of hydrogen-bond acceptors (Lipinski definition) is 4. The van der Waals surface area contributed by atoms with Crippen LogP contribution in [0.1, 0.15) is 271 Å². The Balaban J connectivity index is 3.52. The van der Waals surface area contributed by atoms with Crippen molar-refractivity contribution in [1.82, 2.24) is 5.32 Å². The number of nitrogens with one attached hydrogen (secondary N) is 1. The lowest BCUT2D eigenvalue weighted by atomic mass is 10.0. The number of carbonyl (C=O) groups excluding carboxylic acids is 1. The van der Waals surface area contributed by atoms with Crippen molar-refractivity contribution in [3.63, 3.8) is 0 Å². The predicted molar refractivity (Wildman–Crippen MR) is 227 cm³/mol. The molecule has 52 heavy (non-hydrogen) atoms. The quantitative estimate of drug-likeness (QED) is 0.0469. The highest BCUT2D eigenvalue weighted by Crippen LogP contribution is 2.17. The molecule has 0 saturated heterocycles. The van der Waals surface area contributed by atoms with E-state index in [9.17, 15) is 20.1 Å². The molecular weight excluding hydrogens is 643 g/mol. The highest BCUT2D eigenvalue weighted by molar-refractivity contribution is 5.80. The summed E-state index contributed by atoms with van der Waals surface area (Å²) in [4.78, 5) is 12.5. The largest absolute Gasteiger partial charge is 0.394 e. The molecule has 3 unspecified atom stereocenters. The molecule has 5 heteroatoms. The first-order valence-corrected chi connectivity index (χ1v) is 23.8. The Morgan fingerprint density at radius 1 is 0.385 bits per heavy atom. The first-order valence-electron chi connectivity index (χ1n) is 23.8. The molecule has 0 bridgehead atoms. The van der Waals surface area contributed by atoms with Crippen LogP contribution in [0.2, 0.25) is 0 Å². The van der Waals surface area contributed by atoms with Gasteiger partial charge in [-0.2, -0.15) is 0 Å². The molecule has 0 aromatic carbocycles. The fourth-order valence-electron chi connectivity index (χ4n) is 7.72. The maximum atomic E-state index is 12.5. The summed E-state index contributed by atoms with van der Waals surface area (Å²) >= 11 is 0. The molecule has 0 spiro atoms. The summed E-state index contributed by atoms with van der Waals surface area (Å²) in [6, 6.07) is -0.705. The van der Waals surface area contributed by atoms with Gasteiger partial charge in [0.15, 0.2) is 0 Å². The van der Waals surface area contributed by atoms with Crippen LogP contribution in [0.15, 0.2) is 0 Å². The normalized spacial score (nSPS) is 13.4. The van der Waals surface area contributed by atoms with Gasteiger partial charge in [0.1, 0.15) is 6.10 Å². The average molecular weight is 738 g/mol. The van der Waals surface area contributed by atoms with Gasteiger partial charge in [-0.25, -0.2) is 0 Å². The van der Waals surface area contributed by atoms with Crippen LogP contribution in [0, 0.1) is 0 Å². The second-order valence-electron chi connectivity index (χ2n) is 16.7. The second kappa shape index (κ2) is 43.1. The Morgan fingerprint density at radius 2 is 0.615 bits per heavy atom. The van der Waals surface area contributed by atoms with Crippen molar-refractivity contribution in [3.8, 4) is 0 Å². The predicted octanol–water partition coefficient (Wildman–Crippen LogP) is 13.8. The van der Waals surface area contributed by atoms with Gasteiger partial charge < -0.3 is 20.6 Å². The molecule has 0 heterocycles. The number of rotatable bonds is 44. The molecule has 0 aliphatic carbocycles. The molecule has 1 amide bonds. The van der Waals surface area contributed by atoms with E-state index in [1.165, 1.54) is 212 Å². The SMILES string of the molecule is CCCCCCCCCCCCCCCCCCCCCCCCCCC(O)C(=O)NC(CO)C(O)CCCCCCCCCCCCCCCC. The number of aliphatic hydroxyl groups is 3. The topological polar surface area (TPSA) is 89.8 Å². The molecule has 0 radical (unpaired) electrons. The monoisotopic (exact) mass is 738 g/mol. The molecule has 0 rings (SSSR count). The zero-order chi connectivity index (χ0) is 38.0. The number of aliphatic hydroxyl groups excluding tert-OH is 3. The smallest absolute Gasteiger partial charge is 0.249 e. The summed E-state index contributed by atoms with van der Waals surface area (Å²) < 4.78 is 0. The van der Waals surface area contributed by atoms with Gasteiger partial charge in [-0.3, -0.25) is 4.79 Å². The Kier molecular flexibility index (Phi) is 42.5. The molecule has 5 nitrogen and oxygen atoms in total. The van der Waals surface area contributed by atoms with Crippen LogP contribution in [0.4, 0.5) is 0 Å². The third kappa shape index (κ3) is 37.7. The van der Waals surface area contributed by atoms with Crippen molar-refractivity contribution < 1.29 is 20.1 Å². The van der Waals surface area contributed by atoms with Crippen LogP contribution in [0.3, 0.4) is 0 Å². The summed E-state index contributed by atoms with van der Waals surface area (Å²) in [5.74, 6) is -0.465. The van der Waals surface area contributed by atoms with Crippen LogP contribution in [-0.2, 0) is 4.79 Å². The van der Waals surface area contributed by atoms with Gasteiger partial charge in [0, 0.05) is 0 Å². The van der Waals surface area contributed by atoms with E-state index in [1.807, 2.05) is 0 Å². The van der Waals surface area contributed by atoms with Crippen molar-refractivity contribution in [2.45, 2.75) is 289 Å². The van der Waals surface area contributed by atoms with Crippen molar-refractivity contribution >= 4 is 5.91 Å². The van der Waals surface area contributed by atoms with Crippen LogP contribution in [-0.4, -0.2) is 46.1 Å². The summed E-state index contributed by atoms with van der Waals surface area (Å²) in [7, 11) is 0. The van der Waals surface area contributed by atoms with Gasteiger partial charge in [0.05, 0.1) is 18.8 Å². The van der Waals surface area contributed by atoms with E-state index < -0.39 is 24.2 Å². The zero-order valence-electron chi connectivity index (χ0n) is 35.5. The maximum Gasteiger partial charge on any atom is 0.249 e. The van der Waals surface area contributed by atoms with Crippen LogP contribution in [0.5, 0.6) is 0 Å². The minimum atomic E-state index is -1.07. The maximum absolute atomic E-state index is 12.5. The molecule has 312 valence electrons. The Hall–Kier alpha value is -0.650. The van der Waals surface area contributed by atoms with Crippen molar-refractivity contribution in [3.05, 3.63) is 0 Å². The van der Waals surface area contributed by atoms with Crippen LogP contribution in [0.25, 0.3) is 0 Å². The molecule has 4 N–H and O–H groups in total. The molecule has 0 saturated carbocycles. The van der Waals surface area contributed by atoms with E-state index in [4.69, 9.17) is 0 Å². The van der Waals surface area contributed by atoms with E-state index in [0.29, 0.717) is 12.8 Å². The highest BCUT2D eigenvalue weighted by atomic mass is 16.3. The lowest BCUT2D eigenvalue weighted by Gasteiger charge is -2.23. The fourth-order valence-corrected chi connectivity index (χ4v) is 7.72. The lowest BCUT2D eigenvalue weighted by molar-refractivity contribution is -0.131. The van der Waals surface area contributed by atoms with Gasteiger partial charge in [-0.15, -0.1) is 0 Å². The highest BCUT2D eigenvalue weighted by Gasteiger charge is 2.23.